The maximum absolute atomic E-state index is 3.64. The largest absolute Gasteiger partial charge is 0.0877 e. The van der Waals surface area contributed by atoms with Crippen LogP contribution in [0.2, 0.25) is 0 Å². The minimum Gasteiger partial charge on any atom is -0.0877 e. The number of hydrogen-bond donors (Lipinski definition) is 0. The molecule has 0 unspecified atom stereocenters. The minimum atomic E-state index is -0.183. The van der Waals surface area contributed by atoms with Gasteiger partial charge < -0.3 is 0 Å². The Balaban J connectivity index is 2.63. The molecule has 0 aromatic carbocycles. The summed E-state index contributed by atoms with van der Waals surface area (Å²) in [6.07, 6.45) is 0. The fourth-order valence-corrected chi connectivity index (χ4v) is 7.06. The van der Waals surface area contributed by atoms with Crippen molar-refractivity contribution in [2.45, 2.75) is 27.7 Å². The van der Waals surface area contributed by atoms with Crippen molar-refractivity contribution >= 4 is 31.7 Å². The van der Waals surface area contributed by atoms with E-state index in [2.05, 4.69) is 61.3 Å². The maximum atomic E-state index is 3.64. The van der Waals surface area contributed by atoms with Gasteiger partial charge in [0.15, 0.2) is 0 Å². The predicted octanol–water partition coefficient (Wildman–Crippen LogP) is 6.24. The van der Waals surface area contributed by atoms with Gasteiger partial charge in [0.25, 0.3) is 0 Å². The molecule has 0 atom stereocenters. The zero-order chi connectivity index (χ0) is 11.9. The monoisotopic (exact) mass is 312 g/mol. The van der Waals surface area contributed by atoms with E-state index in [-0.39, 0.29) is 7.53 Å². The van der Waals surface area contributed by atoms with Gasteiger partial charge in [0.2, 0.25) is 0 Å². The lowest BCUT2D eigenvalue weighted by Gasteiger charge is -2.08. The van der Waals surface area contributed by atoms with Crippen LogP contribution in [-0.2, 0) is 0 Å². The minimum absolute atomic E-state index is 0.183. The van der Waals surface area contributed by atoms with Crippen LogP contribution >= 0.6 is 31.7 Å². The van der Waals surface area contributed by atoms with Gasteiger partial charge in [-0.3, -0.25) is 0 Å². The van der Waals surface area contributed by atoms with Crippen LogP contribution in [-0.4, -0.2) is 0 Å². The Morgan fingerprint density at radius 2 is 1.56 bits per heavy atom. The fraction of sp³-hybridized carbons (Fsp3) is 0.308. The molecule has 2 rings (SSSR count). The molecule has 0 nitrogen and oxygen atoms in total. The third-order valence-electron chi connectivity index (χ3n) is 3.01. The molecule has 0 aliphatic carbocycles. The summed E-state index contributed by atoms with van der Waals surface area (Å²) in [4.78, 5) is 0. The topological polar surface area (TPSA) is 0 Å². The molecule has 0 aliphatic heterocycles. The van der Waals surface area contributed by atoms with Crippen molar-refractivity contribution in [2.24, 2.45) is 0 Å². The molecule has 84 valence electrons. The van der Waals surface area contributed by atoms with Gasteiger partial charge in [-0.15, -0.1) is 0 Å². The Bertz CT molecular complexity index is 522. The predicted molar refractivity (Wildman–Crippen MR) is 79.6 cm³/mol. The highest BCUT2D eigenvalue weighted by atomic mass is 79.9. The molecule has 0 amide bonds. The van der Waals surface area contributed by atoms with E-state index >= 15 is 0 Å². The normalized spacial score (nSPS) is 11.3. The molecule has 0 saturated heterocycles. The lowest BCUT2D eigenvalue weighted by molar-refractivity contribution is 1.38. The van der Waals surface area contributed by atoms with Gasteiger partial charge in [0.05, 0.1) is 0 Å². The van der Waals surface area contributed by atoms with Crippen molar-refractivity contribution in [1.82, 2.24) is 0 Å². The van der Waals surface area contributed by atoms with E-state index in [0.29, 0.717) is 0 Å². The summed E-state index contributed by atoms with van der Waals surface area (Å²) in [6, 6.07) is 2.24. The molecule has 0 radical (unpaired) electrons. The number of halogens is 1. The average molecular weight is 313 g/mol. The third-order valence-corrected chi connectivity index (χ3v) is 7.81. The van der Waals surface area contributed by atoms with E-state index in [4.69, 9.17) is 0 Å². The molecule has 0 fully saturated rings. The SMILES string of the molecule is Cc1cp(-c2pc(Br)cc(C)c2C)cc1C. The van der Waals surface area contributed by atoms with Crippen LogP contribution in [0.15, 0.2) is 21.9 Å². The van der Waals surface area contributed by atoms with Crippen molar-refractivity contribution in [3.05, 3.63) is 44.1 Å². The quantitative estimate of drug-likeness (QED) is 0.584. The summed E-state index contributed by atoms with van der Waals surface area (Å²) in [7, 11) is 1.17. The summed E-state index contributed by atoms with van der Waals surface area (Å²) in [5.74, 6) is 4.88. The highest BCUT2D eigenvalue weighted by Crippen LogP contribution is 2.51. The molecular formula is C13H15BrP2. The first-order chi connectivity index (χ1) is 7.49. The van der Waals surface area contributed by atoms with Crippen LogP contribution in [0.3, 0.4) is 0 Å². The van der Waals surface area contributed by atoms with Crippen LogP contribution in [0.5, 0.6) is 0 Å². The molecule has 2 aromatic rings. The lowest BCUT2D eigenvalue weighted by Crippen LogP contribution is -1.78. The highest BCUT2D eigenvalue weighted by molar-refractivity contribution is 9.11. The fourth-order valence-electron chi connectivity index (χ4n) is 1.71. The summed E-state index contributed by atoms with van der Waals surface area (Å²) in [6.45, 7) is 8.88. The smallest absolute Gasteiger partial charge is 0.0459 e. The van der Waals surface area contributed by atoms with Crippen LogP contribution in [0.25, 0.3) is 5.04 Å². The second-order valence-electron chi connectivity index (χ2n) is 4.24. The molecular weight excluding hydrogens is 298 g/mol. The molecule has 0 saturated carbocycles. The Labute approximate surface area is 108 Å². The Morgan fingerprint density at radius 3 is 2.12 bits per heavy atom. The molecule has 3 heteroatoms. The van der Waals surface area contributed by atoms with Gasteiger partial charge in [-0.1, -0.05) is 7.53 Å². The maximum Gasteiger partial charge on any atom is 0.0459 e. The van der Waals surface area contributed by atoms with Gasteiger partial charge in [0, 0.05) is 9.24 Å². The van der Waals surface area contributed by atoms with E-state index in [0.717, 1.165) is 0 Å². The highest BCUT2D eigenvalue weighted by Gasteiger charge is 2.08. The van der Waals surface area contributed by atoms with Crippen molar-refractivity contribution in [1.29, 1.82) is 0 Å². The van der Waals surface area contributed by atoms with Crippen LogP contribution in [0, 0.1) is 27.7 Å². The zero-order valence-corrected chi connectivity index (χ0v) is 13.4. The van der Waals surface area contributed by atoms with E-state index in [1.807, 2.05) is 0 Å². The summed E-state index contributed by atoms with van der Waals surface area (Å²) in [5, 5.41) is 1.58. The zero-order valence-electron chi connectivity index (χ0n) is 10.0. The average Bonchev–Trinajstić information content (AvgIpc) is 2.53. The first kappa shape index (κ1) is 12.4. The molecule has 0 aliphatic rings. The lowest BCUT2D eigenvalue weighted by atomic mass is 10.2. The van der Waals surface area contributed by atoms with Gasteiger partial charge >= 0.3 is 0 Å². The second-order valence-corrected chi connectivity index (χ2v) is 8.99. The summed E-state index contributed by atoms with van der Waals surface area (Å²) in [5.41, 5.74) is 5.77. The molecule has 0 bridgehead atoms. The summed E-state index contributed by atoms with van der Waals surface area (Å²) >= 11 is 3.64. The Morgan fingerprint density at radius 1 is 1.00 bits per heavy atom. The van der Waals surface area contributed by atoms with Crippen molar-refractivity contribution in [3.63, 3.8) is 0 Å². The molecule has 0 N–H and O–H groups in total. The van der Waals surface area contributed by atoms with Crippen molar-refractivity contribution in [3.8, 4) is 5.04 Å². The first-order valence-corrected chi connectivity index (χ1v) is 8.45. The van der Waals surface area contributed by atoms with Crippen molar-refractivity contribution < 1.29 is 0 Å². The number of rotatable bonds is 1. The standard InChI is InChI=1S/C13H15BrP2/c1-8-5-12(14)15-13(11(8)4)16-6-9(2)10(3)7-16/h5-7H,1-4H3. The summed E-state index contributed by atoms with van der Waals surface area (Å²) < 4.78 is 1.29. The van der Waals surface area contributed by atoms with Gasteiger partial charge in [-0.25, -0.2) is 0 Å². The van der Waals surface area contributed by atoms with Crippen LogP contribution in [0.4, 0.5) is 0 Å². The second kappa shape index (κ2) is 4.65. The van der Waals surface area contributed by atoms with Gasteiger partial charge in [0.1, 0.15) is 0 Å². The third kappa shape index (κ3) is 2.28. The molecule has 0 spiro atoms. The Hall–Kier alpha value is -0.0900. The van der Waals surface area contributed by atoms with E-state index in [1.165, 1.54) is 34.7 Å². The van der Waals surface area contributed by atoms with Crippen molar-refractivity contribution in [2.75, 3.05) is 0 Å². The van der Waals surface area contributed by atoms with E-state index in [9.17, 15) is 0 Å². The van der Waals surface area contributed by atoms with Crippen LogP contribution < -0.4 is 0 Å². The molecule has 2 heterocycles. The van der Waals surface area contributed by atoms with Gasteiger partial charge in [-0.05, 0) is 91.7 Å². The molecule has 16 heavy (non-hydrogen) atoms. The van der Waals surface area contributed by atoms with E-state index in [1.54, 1.807) is 5.04 Å². The first-order valence-electron chi connectivity index (χ1n) is 5.28. The van der Waals surface area contributed by atoms with Crippen LogP contribution in [0.1, 0.15) is 22.3 Å². The Kier molecular flexibility index (Phi) is 3.59. The van der Waals surface area contributed by atoms with E-state index < -0.39 is 0 Å². The van der Waals surface area contributed by atoms with Gasteiger partial charge in [-0.2, -0.15) is 0 Å². The molecule has 2 aromatic heterocycles. The number of hydrogen-bond acceptors (Lipinski definition) is 0. The number of aryl methyl sites for hydroxylation is 3.